The van der Waals surface area contributed by atoms with E-state index in [1.54, 1.807) is 6.07 Å². The number of nitriles is 1. The molecule has 98 valence electrons. The van der Waals surface area contributed by atoms with Crippen LogP contribution in [0.4, 0.5) is 5.69 Å². The van der Waals surface area contributed by atoms with Crippen LogP contribution in [-0.4, -0.2) is 19.5 Å². The van der Waals surface area contributed by atoms with Gasteiger partial charge in [0.1, 0.15) is 11.8 Å². The maximum atomic E-state index is 11.2. The van der Waals surface area contributed by atoms with Gasteiger partial charge in [-0.15, -0.1) is 11.3 Å². The van der Waals surface area contributed by atoms with Crippen molar-refractivity contribution in [2.45, 2.75) is 6.92 Å². The number of hydrogen-bond donors (Lipinski definition) is 0. The second-order valence-electron chi connectivity index (χ2n) is 4.03. The van der Waals surface area contributed by atoms with Crippen LogP contribution in [0.15, 0.2) is 24.5 Å². The Bertz CT molecular complexity index is 874. The third-order valence-electron chi connectivity index (χ3n) is 2.79. The number of thiazole rings is 1. The number of aromatic nitrogens is 3. The van der Waals surface area contributed by atoms with E-state index in [1.807, 2.05) is 13.0 Å². The lowest BCUT2D eigenvalue weighted by Gasteiger charge is -2.04. The van der Waals surface area contributed by atoms with Crippen LogP contribution in [0.25, 0.3) is 15.9 Å². The Labute approximate surface area is 116 Å². The van der Waals surface area contributed by atoms with Gasteiger partial charge < -0.3 is 0 Å². The number of hydrogen-bond acceptors (Lipinski definition) is 6. The second kappa shape index (κ2) is 4.40. The van der Waals surface area contributed by atoms with Gasteiger partial charge in [0.05, 0.1) is 20.1 Å². The van der Waals surface area contributed by atoms with Crippen molar-refractivity contribution in [1.82, 2.24) is 14.5 Å². The predicted molar refractivity (Wildman–Crippen MR) is 72.8 cm³/mol. The van der Waals surface area contributed by atoms with Crippen LogP contribution in [0.1, 0.15) is 10.8 Å². The molecule has 3 rings (SSSR count). The lowest BCUT2D eigenvalue weighted by Crippen LogP contribution is -2.01. The largest absolute Gasteiger partial charge is 0.294 e. The van der Waals surface area contributed by atoms with Crippen molar-refractivity contribution < 1.29 is 4.92 Å². The summed E-state index contributed by atoms with van der Waals surface area (Å²) in [4.78, 5) is 19.0. The Morgan fingerprint density at radius 1 is 1.50 bits per heavy atom. The van der Waals surface area contributed by atoms with Gasteiger partial charge in [0.25, 0.3) is 5.69 Å². The van der Waals surface area contributed by atoms with E-state index in [9.17, 15) is 10.1 Å². The number of nitrogens with zero attached hydrogens (tertiary/aromatic N) is 5. The standard InChI is InChI=1S/C12H7N5O2S/c1-7-15-8-4-9(16-3-2-14-12(16)6-13)10(17(18)19)5-11(8)20-7/h2-5H,1H3. The van der Waals surface area contributed by atoms with E-state index < -0.39 is 4.92 Å². The Morgan fingerprint density at radius 3 is 3.00 bits per heavy atom. The van der Waals surface area contributed by atoms with E-state index in [0.717, 1.165) is 9.71 Å². The summed E-state index contributed by atoms with van der Waals surface area (Å²) in [5.74, 6) is 0.0967. The van der Waals surface area contributed by atoms with Gasteiger partial charge in [-0.2, -0.15) is 5.26 Å². The Hall–Kier alpha value is -2.79. The summed E-state index contributed by atoms with van der Waals surface area (Å²) in [6.07, 6.45) is 2.95. The second-order valence-corrected chi connectivity index (χ2v) is 5.27. The highest BCUT2D eigenvalue weighted by molar-refractivity contribution is 7.18. The van der Waals surface area contributed by atoms with Crippen LogP contribution in [-0.2, 0) is 0 Å². The van der Waals surface area contributed by atoms with Gasteiger partial charge in [0.2, 0.25) is 5.82 Å². The quantitative estimate of drug-likeness (QED) is 0.532. The molecule has 7 nitrogen and oxygen atoms in total. The van der Waals surface area contributed by atoms with Crippen molar-refractivity contribution in [3.63, 3.8) is 0 Å². The number of fused-ring (bicyclic) bond motifs is 1. The fourth-order valence-corrected chi connectivity index (χ4v) is 2.83. The number of rotatable bonds is 2. The Morgan fingerprint density at radius 2 is 2.30 bits per heavy atom. The summed E-state index contributed by atoms with van der Waals surface area (Å²) < 4.78 is 2.14. The molecule has 0 bridgehead atoms. The highest BCUT2D eigenvalue weighted by Crippen LogP contribution is 2.32. The van der Waals surface area contributed by atoms with Crippen molar-refractivity contribution in [3.8, 4) is 11.8 Å². The molecule has 0 amide bonds. The Kier molecular flexibility index (Phi) is 2.69. The Balaban J connectivity index is 2.36. The SMILES string of the molecule is Cc1nc2cc(-n3ccnc3C#N)c([N+](=O)[O-])cc2s1. The minimum Gasteiger partial charge on any atom is -0.285 e. The molecule has 0 aliphatic rings. The molecule has 3 aromatic rings. The molecular formula is C12H7N5O2S. The van der Waals surface area contributed by atoms with Gasteiger partial charge in [-0.3, -0.25) is 14.7 Å². The summed E-state index contributed by atoms with van der Waals surface area (Å²) in [6.45, 7) is 1.84. The van der Waals surface area contributed by atoms with Gasteiger partial charge in [-0.05, 0) is 13.0 Å². The fourth-order valence-electron chi connectivity index (χ4n) is 1.99. The molecular weight excluding hydrogens is 278 g/mol. The molecule has 1 aromatic carbocycles. The summed E-state index contributed by atoms with van der Waals surface area (Å²) >= 11 is 1.39. The molecule has 0 N–H and O–H groups in total. The van der Waals surface area contributed by atoms with Crippen molar-refractivity contribution in [3.05, 3.63) is 45.5 Å². The van der Waals surface area contributed by atoms with Crippen LogP contribution < -0.4 is 0 Å². The molecule has 0 fully saturated rings. The molecule has 0 atom stereocenters. The molecule has 2 heterocycles. The zero-order chi connectivity index (χ0) is 14.3. The van der Waals surface area contributed by atoms with E-state index in [4.69, 9.17) is 5.26 Å². The number of imidazole rings is 1. The first-order chi connectivity index (χ1) is 9.60. The van der Waals surface area contributed by atoms with E-state index >= 15 is 0 Å². The van der Waals surface area contributed by atoms with Gasteiger partial charge >= 0.3 is 0 Å². The maximum Gasteiger partial charge on any atom is 0.294 e. The topological polar surface area (TPSA) is 97.6 Å². The highest BCUT2D eigenvalue weighted by Gasteiger charge is 2.20. The number of nitro groups is 1. The molecule has 0 unspecified atom stereocenters. The maximum absolute atomic E-state index is 11.2. The molecule has 0 aliphatic carbocycles. The lowest BCUT2D eigenvalue weighted by atomic mass is 10.2. The third kappa shape index (κ3) is 1.81. The molecule has 0 aliphatic heterocycles. The predicted octanol–water partition coefficient (Wildman–Crippen LogP) is 2.57. The van der Waals surface area contributed by atoms with Crippen LogP contribution >= 0.6 is 11.3 Å². The first-order valence-electron chi connectivity index (χ1n) is 5.59. The zero-order valence-corrected chi connectivity index (χ0v) is 11.1. The van der Waals surface area contributed by atoms with Crippen LogP contribution in [0.3, 0.4) is 0 Å². The summed E-state index contributed by atoms with van der Waals surface area (Å²) in [7, 11) is 0. The number of nitro benzene ring substituents is 1. The van der Waals surface area contributed by atoms with Gasteiger partial charge in [0.15, 0.2) is 0 Å². The van der Waals surface area contributed by atoms with Crippen LogP contribution in [0.5, 0.6) is 0 Å². The summed E-state index contributed by atoms with van der Waals surface area (Å²) in [5.41, 5.74) is 0.892. The van der Waals surface area contributed by atoms with Crippen LogP contribution in [0.2, 0.25) is 0 Å². The minimum atomic E-state index is -0.467. The van der Waals surface area contributed by atoms with Crippen LogP contribution in [0, 0.1) is 28.4 Å². The smallest absolute Gasteiger partial charge is 0.285 e. The average Bonchev–Trinajstić information content (AvgIpc) is 3.00. The van der Waals surface area contributed by atoms with Gasteiger partial charge in [-0.25, -0.2) is 9.97 Å². The first-order valence-corrected chi connectivity index (χ1v) is 6.41. The average molecular weight is 285 g/mol. The van der Waals surface area contributed by atoms with Crippen molar-refractivity contribution in [1.29, 1.82) is 5.26 Å². The molecule has 0 saturated heterocycles. The van der Waals surface area contributed by atoms with E-state index in [1.165, 1.54) is 34.4 Å². The fraction of sp³-hybridized carbons (Fsp3) is 0.0833. The van der Waals surface area contributed by atoms with E-state index in [0.29, 0.717) is 11.2 Å². The number of benzene rings is 1. The van der Waals surface area contributed by atoms with Crippen molar-refractivity contribution in [2.24, 2.45) is 0 Å². The minimum absolute atomic E-state index is 0.0735. The van der Waals surface area contributed by atoms with E-state index in [2.05, 4.69) is 9.97 Å². The lowest BCUT2D eigenvalue weighted by molar-refractivity contribution is -0.384. The monoisotopic (exact) mass is 285 g/mol. The van der Waals surface area contributed by atoms with Crippen molar-refractivity contribution in [2.75, 3.05) is 0 Å². The third-order valence-corrected chi connectivity index (χ3v) is 3.72. The molecule has 2 aromatic heterocycles. The molecule has 8 heteroatoms. The highest BCUT2D eigenvalue weighted by atomic mass is 32.1. The number of aryl methyl sites for hydroxylation is 1. The zero-order valence-electron chi connectivity index (χ0n) is 10.3. The summed E-state index contributed by atoms with van der Waals surface area (Å²) in [6, 6.07) is 5.00. The normalized spacial score (nSPS) is 10.6. The van der Waals surface area contributed by atoms with E-state index in [-0.39, 0.29) is 11.5 Å². The molecule has 0 saturated carbocycles. The van der Waals surface area contributed by atoms with Crippen molar-refractivity contribution >= 4 is 27.2 Å². The van der Waals surface area contributed by atoms with Gasteiger partial charge in [-0.1, -0.05) is 0 Å². The molecule has 0 radical (unpaired) electrons. The van der Waals surface area contributed by atoms with Gasteiger partial charge in [0, 0.05) is 18.5 Å². The summed E-state index contributed by atoms with van der Waals surface area (Å²) in [5, 5.41) is 21.1. The molecule has 0 spiro atoms. The molecule has 20 heavy (non-hydrogen) atoms. The first kappa shape index (κ1) is 12.3.